The normalized spacial score (nSPS) is 18.9. The van der Waals surface area contributed by atoms with E-state index >= 15 is 0 Å². The molecule has 8 nitrogen and oxygen atoms in total. The van der Waals surface area contributed by atoms with E-state index in [0.717, 1.165) is 29.7 Å². The zero-order valence-electron chi connectivity index (χ0n) is 20.2. The van der Waals surface area contributed by atoms with Crippen LogP contribution >= 0.6 is 11.3 Å². The van der Waals surface area contributed by atoms with Crippen LogP contribution in [0.1, 0.15) is 27.3 Å². The molecule has 1 unspecified atom stereocenters. The minimum absolute atomic E-state index is 0.00463. The molecular formula is C27H28N6O2S. The molecule has 2 aliphatic heterocycles. The second-order valence-corrected chi connectivity index (χ2v) is 10.5. The number of piperazine rings is 1. The van der Waals surface area contributed by atoms with Gasteiger partial charge < -0.3 is 9.80 Å². The Balaban J connectivity index is 1.11. The van der Waals surface area contributed by atoms with Crippen LogP contribution in [0.5, 0.6) is 0 Å². The molecule has 4 aromatic rings. The van der Waals surface area contributed by atoms with Crippen molar-refractivity contribution in [3.63, 3.8) is 0 Å². The first-order valence-electron chi connectivity index (χ1n) is 12.3. The van der Waals surface area contributed by atoms with Gasteiger partial charge in [-0.2, -0.15) is 5.10 Å². The van der Waals surface area contributed by atoms with Gasteiger partial charge in [-0.1, -0.05) is 29.8 Å². The highest BCUT2D eigenvalue weighted by atomic mass is 32.1. The highest BCUT2D eigenvalue weighted by Crippen LogP contribution is 2.28. The summed E-state index contributed by atoms with van der Waals surface area (Å²) in [4.78, 5) is 35.8. The average Bonchev–Trinajstić information content (AvgIpc) is 3.66. The summed E-state index contributed by atoms with van der Waals surface area (Å²) in [5, 5.41) is 8.00. The van der Waals surface area contributed by atoms with Gasteiger partial charge >= 0.3 is 0 Å². The van der Waals surface area contributed by atoms with Crippen LogP contribution in [0, 0.1) is 6.92 Å². The van der Waals surface area contributed by atoms with Crippen LogP contribution in [0.2, 0.25) is 0 Å². The van der Waals surface area contributed by atoms with E-state index in [2.05, 4.69) is 58.3 Å². The maximum atomic E-state index is 13.0. The summed E-state index contributed by atoms with van der Waals surface area (Å²) in [5.41, 5.74) is 4.43. The third kappa shape index (κ3) is 4.40. The van der Waals surface area contributed by atoms with Gasteiger partial charge in [-0.25, -0.2) is 4.98 Å². The van der Waals surface area contributed by atoms with Gasteiger partial charge in [0.15, 0.2) is 5.01 Å². The Morgan fingerprint density at radius 2 is 1.89 bits per heavy atom. The molecule has 0 bridgehead atoms. The minimum atomic E-state index is 0.00463. The van der Waals surface area contributed by atoms with Gasteiger partial charge in [0.25, 0.3) is 5.91 Å². The molecule has 2 aliphatic rings. The first-order valence-corrected chi connectivity index (χ1v) is 13.2. The third-order valence-corrected chi connectivity index (χ3v) is 7.99. The standard InChI is InChI=1S/C27H28N6O2S/c1-19-2-4-20(5-3-19)17-33-24-7-6-22(14-21(24)16-29-33)32-18-23(15-25(32)34)30-9-11-31(12-10-30)27(35)26-28-8-13-36-26/h2-8,13-14,16,23H,9-12,15,17-18H2,1H3. The Labute approximate surface area is 213 Å². The molecule has 0 aliphatic carbocycles. The van der Waals surface area contributed by atoms with E-state index < -0.39 is 0 Å². The number of rotatable bonds is 5. The molecule has 0 saturated carbocycles. The second-order valence-electron chi connectivity index (χ2n) is 9.56. The molecule has 4 heterocycles. The van der Waals surface area contributed by atoms with Gasteiger partial charge in [-0.15, -0.1) is 11.3 Å². The molecule has 6 rings (SSSR count). The van der Waals surface area contributed by atoms with E-state index in [1.54, 1.807) is 6.20 Å². The molecule has 36 heavy (non-hydrogen) atoms. The number of fused-ring (bicyclic) bond motifs is 1. The maximum Gasteiger partial charge on any atom is 0.282 e. The molecular weight excluding hydrogens is 472 g/mol. The van der Waals surface area contributed by atoms with Crippen LogP contribution < -0.4 is 4.90 Å². The molecule has 184 valence electrons. The molecule has 2 saturated heterocycles. The fourth-order valence-electron chi connectivity index (χ4n) is 5.17. The number of carbonyl (C=O) groups excluding carboxylic acids is 2. The van der Waals surface area contributed by atoms with Crippen LogP contribution in [0.15, 0.2) is 60.2 Å². The Morgan fingerprint density at radius 3 is 2.64 bits per heavy atom. The zero-order valence-corrected chi connectivity index (χ0v) is 21.0. The number of anilines is 1. The molecule has 2 aromatic heterocycles. The van der Waals surface area contributed by atoms with E-state index in [4.69, 9.17) is 0 Å². The Hall–Kier alpha value is -3.56. The number of hydrogen-bond donors (Lipinski definition) is 0. The van der Waals surface area contributed by atoms with Crippen molar-refractivity contribution in [2.45, 2.75) is 25.9 Å². The Bertz CT molecular complexity index is 1390. The number of aromatic nitrogens is 3. The van der Waals surface area contributed by atoms with Crippen molar-refractivity contribution >= 4 is 39.7 Å². The van der Waals surface area contributed by atoms with E-state index in [-0.39, 0.29) is 17.9 Å². The van der Waals surface area contributed by atoms with Crippen LogP contribution in [-0.2, 0) is 11.3 Å². The van der Waals surface area contributed by atoms with Crippen LogP contribution in [0.3, 0.4) is 0 Å². The SMILES string of the molecule is Cc1ccc(Cn2ncc3cc(N4CC(N5CCN(C(=O)c6nccs6)CC5)CC4=O)ccc32)cc1. The van der Waals surface area contributed by atoms with Gasteiger partial charge in [0.1, 0.15) is 0 Å². The van der Waals surface area contributed by atoms with Crippen molar-refractivity contribution in [3.8, 4) is 0 Å². The van der Waals surface area contributed by atoms with Crippen molar-refractivity contribution in [1.82, 2.24) is 24.6 Å². The smallest absolute Gasteiger partial charge is 0.282 e. The van der Waals surface area contributed by atoms with Crippen molar-refractivity contribution in [3.05, 3.63) is 76.4 Å². The minimum Gasteiger partial charge on any atom is -0.334 e. The maximum absolute atomic E-state index is 13.0. The first kappa shape index (κ1) is 22.9. The summed E-state index contributed by atoms with van der Waals surface area (Å²) in [6.45, 7) is 6.34. The van der Waals surface area contributed by atoms with Crippen molar-refractivity contribution < 1.29 is 9.59 Å². The third-order valence-electron chi connectivity index (χ3n) is 7.23. The average molecular weight is 501 g/mol. The predicted molar refractivity (Wildman–Crippen MR) is 140 cm³/mol. The van der Waals surface area contributed by atoms with Crippen molar-refractivity contribution in [2.75, 3.05) is 37.6 Å². The number of thiazole rings is 1. The largest absolute Gasteiger partial charge is 0.334 e. The lowest BCUT2D eigenvalue weighted by molar-refractivity contribution is -0.117. The van der Waals surface area contributed by atoms with Gasteiger partial charge in [0, 0.05) is 67.8 Å². The van der Waals surface area contributed by atoms with Gasteiger partial charge in [0.05, 0.1) is 18.3 Å². The van der Waals surface area contributed by atoms with E-state index in [1.807, 2.05) is 32.1 Å². The molecule has 9 heteroatoms. The summed E-state index contributed by atoms with van der Waals surface area (Å²) in [6.07, 6.45) is 4.05. The van der Waals surface area contributed by atoms with Crippen LogP contribution in [-0.4, -0.2) is 75.1 Å². The van der Waals surface area contributed by atoms with E-state index in [1.165, 1.54) is 22.5 Å². The summed E-state index contributed by atoms with van der Waals surface area (Å²) in [7, 11) is 0. The molecule has 2 aromatic carbocycles. The van der Waals surface area contributed by atoms with Gasteiger partial charge in [-0.3, -0.25) is 19.2 Å². The number of amides is 2. The molecule has 0 spiro atoms. The highest BCUT2D eigenvalue weighted by molar-refractivity contribution is 7.11. The van der Waals surface area contributed by atoms with Crippen LogP contribution in [0.4, 0.5) is 5.69 Å². The molecule has 0 radical (unpaired) electrons. The number of aryl methyl sites for hydroxylation is 1. The van der Waals surface area contributed by atoms with E-state index in [9.17, 15) is 9.59 Å². The summed E-state index contributed by atoms with van der Waals surface area (Å²) in [5.74, 6) is 0.151. The summed E-state index contributed by atoms with van der Waals surface area (Å²) < 4.78 is 2.00. The lowest BCUT2D eigenvalue weighted by Crippen LogP contribution is -2.52. The zero-order chi connectivity index (χ0) is 24.6. The molecule has 0 N–H and O–H groups in total. The topological polar surface area (TPSA) is 74.6 Å². The fraction of sp³-hybridized carbons (Fsp3) is 0.333. The number of carbonyl (C=O) groups is 2. The Morgan fingerprint density at radius 1 is 1.08 bits per heavy atom. The van der Waals surface area contributed by atoms with Crippen molar-refractivity contribution in [1.29, 1.82) is 0 Å². The van der Waals surface area contributed by atoms with E-state index in [0.29, 0.717) is 37.6 Å². The quantitative estimate of drug-likeness (QED) is 0.420. The van der Waals surface area contributed by atoms with Crippen molar-refractivity contribution in [2.24, 2.45) is 0 Å². The number of hydrogen-bond acceptors (Lipinski definition) is 6. The predicted octanol–water partition coefficient (Wildman–Crippen LogP) is 3.41. The number of nitrogens with zero attached hydrogens (tertiary/aromatic N) is 6. The Kier molecular flexibility index (Phi) is 6.02. The summed E-state index contributed by atoms with van der Waals surface area (Å²) in [6, 6.07) is 14.8. The lowest BCUT2D eigenvalue weighted by Gasteiger charge is -2.37. The highest BCUT2D eigenvalue weighted by Gasteiger charge is 2.36. The molecule has 2 fully saturated rings. The van der Waals surface area contributed by atoms with Crippen LogP contribution in [0.25, 0.3) is 10.9 Å². The second kappa shape index (κ2) is 9.48. The first-order chi connectivity index (χ1) is 17.5. The monoisotopic (exact) mass is 500 g/mol. The van der Waals surface area contributed by atoms with Gasteiger partial charge in [0.2, 0.25) is 5.91 Å². The molecule has 1 atom stereocenters. The van der Waals surface area contributed by atoms with Gasteiger partial charge in [-0.05, 0) is 30.7 Å². The summed E-state index contributed by atoms with van der Waals surface area (Å²) >= 11 is 1.38. The molecule has 2 amide bonds. The number of benzene rings is 2. The fourth-order valence-corrected chi connectivity index (χ4v) is 5.77. The lowest BCUT2D eigenvalue weighted by atomic mass is 10.1.